The van der Waals surface area contributed by atoms with Gasteiger partial charge in [0.15, 0.2) is 6.20 Å². The van der Waals surface area contributed by atoms with Crippen LogP contribution in [-0.4, -0.2) is 6.54 Å². The first-order valence-corrected chi connectivity index (χ1v) is 12.7. The van der Waals surface area contributed by atoms with E-state index in [0.29, 0.717) is 27.8 Å². The monoisotopic (exact) mass is 494 g/mol. The SMILES string of the molecule is [2H]C1([2H])CN(c2ccccc2)c2cccc(-c3c(C#N)ccc4c3oc3c(-c5cccc[n+]5C)c(C)ccc34)c21. The van der Waals surface area contributed by atoms with Gasteiger partial charge < -0.3 is 9.32 Å². The van der Waals surface area contributed by atoms with Crippen LogP contribution in [0, 0.1) is 18.3 Å². The first-order valence-electron chi connectivity index (χ1n) is 13.7. The quantitative estimate of drug-likeness (QED) is 0.238. The van der Waals surface area contributed by atoms with Gasteiger partial charge >= 0.3 is 0 Å². The summed E-state index contributed by atoms with van der Waals surface area (Å²) in [6.07, 6.45) is 0.380. The number of fused-ring (bicyclic) bond motifs is 4. The number of aromatic nitrogens is 1. The summed E-state index contributed by atoms with van der Waals surface area (Å²) in [5.41, 5.74) is 8.57. The number of pyridine rings is 1. The molecule has 3 heterocycles. The number of nitriles is 1. The van der Waals surface area contributed by atoms with Crippen LogP contribution in [0.3, 0.4) is 0 Å². The minimum Gasteiger partial charge on any atom is -0.454 e. The maximum absolute atomic E-state index is 10.2. The number of rotatable bonds is 3. The molecule has 0 saturated carbocycles. The number of para-hydroxylation sites is 1. The molecule has 182 valence electrons. The number of hydrogen-bond donors (Lipinski definition) is 0. The highest BCUT2D eigenvalue weighted by atomic mass is 16.3. The maximum Gasteiger partial charge on any atom is 0.216 e. The zero-order valence-corrected chi connectivity index (χ0v) is 21.2. The predicted molar refractivity (Wildman–Crippen MR) is 152 cm³/mol. The summed E-state index contributed by atoms with van der Waals surface area (Å²) in [6, 6.07) is 32.1. The molecular formula is C34H26N3O+. The molecule has 0 saturated heterocycles. The average molecular weight is 495 g/mol. The van der Waals surface area contributed by atoms with Crippen molar-refractivity contribution in [3.8, 4) is 28.5 Å². The van der Waals surface area contributed by atoms with Crippen molar-refractivity contribution in [2.24, 2.45) is 7.05 Å². The predicted octanol–water partition coefficient (Wildman–Crippen LogP) is 7.62. The second kappa shape index (κ2) is 8.61. The van der Waals surface area contributed by atoms with Crippen LogP contribution in [-0.2, 0) is 13.4 Å². The average Bonchev–Trinajstić information content (AvgIpc) is 3.48. The molecule has 0 bridgehead atoms. The number of benzene rings is 4. The lowest BCUT2D eigenvalue weighted by molar-refractivity contribution is -0.660. The van der Waals surface area contributed by atoms with E-state index < -0.39 is 6.37 Å². The third-order valence-electron chi connectivity index (χ3n) is 7.53. The molecule has 0 spiro atoms. The minimum absolute atomic E-state index is 0.190. The van der Waals surface area contributed by atoms with Crippen molar-refractivity contribution in [3.63, 3.8) is 0 Å². The van der Waals surface area contributed by atoms with Crippen LogP contribution in [0.1, 0.15) is 19.4 Å². The van der Waals surface area contributed by atoms with E-state index in [-0.39, 0.29) is 6.54 Å². The van der Waals surface area contributed by atoms with Crippen LogP contribution < -0.4 is 9.47 Å². The Morgan fingerprint density at radius 1 is 0.868 bits per heavy atom. The molecule has 1 aliphatic rings. The van der Waals surface area contributed by atoms with E-state index in [1.807, 2.05) is 90.9 Å². The van der Waals surface area contributed by atoms with Crippen molar-refractivity contribution in [1.29, 1.82) is 5.26 Å². The van der Waals surface area contributed by atoms with E-state index >= 15 is 0 Å². The zero-order valence-electron chi connectivity index (χ0n) is 23.2. The van der Waals surface area contributed by atoms with E-state index in [0.717, 1.165) is 44.6 Å². The Labute approximate surface area is 224 Å². The van der Waals surface area contributed by atoms with Gasteiger partial charge in [0.2, 0.25) is 5.69 Å². The van der Waals surface area contributed by atoms with Crippen LogP contribution in [0.25, 0.3) is 44.3 Å². The summed E-state index contributed by atoms with van der Waals surface area (Å²) in [5.74, 6) is 0. The standard InChI is InChI=1S/C34H26N3O/c1-22-14-16-27-28-17-15-23(21-35)32(34(28)38-33(27)31(22)30-12-6-7-19-36(30)2)26-11-8-13-29-25(26)18-20-37(29)24-9-4-3-5-10-24/h3-17,19H,18,20H2,1-2H3/q+1/i18D2. The van der Waals surface area contributed by atoms with Crippen LogP contribution >= 0.6 is 0 Å². The molecule has 7 rings (SSSR count). The Bertz CT molecular complexity index is 2000. The van der Waals surface area contributed by atoms with E-state index in [9.17, 15) is 5.26 Å². The van der Waals surface area contributed by atoms with Gasteiger partial charge in [0.25, 0.3) is 0 Å². The Kier molecular flexibility index (Phi) is 4.58. The van der Waals surface area contributed by atoms with Crippen LogP contribution in [0.15, 0.2) is 102 Å². The summed E-state index contributed by atoms with van der Waals surface area (Å²) in [5, 5.41) is 12.1. The highest BCUT2D eigenvalue weighted by Gasteiger charge is 2.27. The normalized spacial score (nSPS) is 14.8. The van der Waals surface area contributed by atoms with Crippen LogP contribution in [0.5, 0.6) is 0 Å². The lowest BCUT2D eigenvalue weighted by Gasteiger charge is -2.20. The Morgan fingerprint density at radius 2 is 1.63 bits per heavy atom. The molecule has 4 aromatic carbocycles. The summed E-state index contributed by atoms with van der Waals surface area (Å²) < 4.78 is 27.0. The lowest BCUT2D eigenvalue weighted by Crippen LogP contribution is -2.30. The first-order chi connectivity index (χ1) is 19.4. The molecule has 1 aliphatic heterocycles. The van der Waals surface area contributed by atoms with Crippen molar-refractivity contribution in [1.82, 2.24) is 0 Å². The third-order valence-corrected chi connectivity index (χ3v) is 7.53. The molecular weight excluding hydrogens is 466 g/mol. The van der Waals surface area contributed by atoms with Gasteiger partial charge in [-0.2, -0.15) is 5.26 Å². The minimum atomic E-state index is -1.64. The number of anilines is 2. The number of furan rings is 1. The van der Waals surface area contributed by atoms with Gasteiger partial charge in [0, 0.05) is 49.1 Å². The van der Waals surface area contributed by atoms with Crippen molar-refractivity contribution in [2.45, 2.75) is 13.3 Å². The molecule has 4 heteroatoms. The van der Waals surface area contributed by atoms with Gasteiger partial charge in [-0.15, -0.1) is 0 Å². The molecule has 0 aliphatic carbocycles. The summed E-state index contributed by atoms with van der Waals surface area (Å²) in [6.45, 7) is 2.27. The Balaban J connectivity index is 1.55. The highest BCUT2D eigenvalue weighted by molar-refractivity contribution is 6.14. The summed E-state index contributed by atoms with van der Waals surface area (Å²) in [7, 11) is 2.02. The molecule has 0 atom stereocenters. The smallest absolute Gasteiger partial charge is 0.216 e. The van der Waals surface area contributed by atoms with Gasteiger partial charge in [-0.05, 0) is 66.4 Å². The third kappa shape index (κ3) is 3.26. The van der Waals surface area contributed by atoms with Crippen molar-refractivity contribution in [2.75, 3.05) is 11.4 Å². The molecule has 2 aromatic heterocycles. The molecule has 0 N–H and O–H groups in total. The summed E-state index contributed by atoms with van der Waals surface area (Å²) >= 11 is 0. The summed E-state index contributed by atoms with van der Waals surface area (Å²) in [4.78, 5) is 2.01. The zero-order chi connectivity index (χ0) is 27.6. The Morgan fingerprint density at radius 3 is 2.42 bits per heavy atom. The largest absolute Gasteiger partial charge is 0.454 e. The fourth-order valence-corrected chi connectivity index (χ4v) is 5.70. The molecule has 0 fully saturated rings. The molecule has 0 unspecified atom stereocenters. The van der Waals surface area contributed by atoms with Gasteiger partial charge in [-0.3, -0.25) is 0 Å². The number of aryl methyl sites for hydroxylation is 2. The van der Waals surface area contributed by atoms with Gasteiger partial charge in [-0.25, -0.2) is 4.57 Å². The molecule has 0 amide bonds. The first kappa shape index (κ1) is 20.2. The fourth-order valence-electron chi connectivity index (χ4n) is 5.70. The number of hydrogen-bond acceptors (Lipinski definition) is 3. The lowest BCUT2D eigenvalue weighted by atomic mass is 9.92. The van der Waals surface area contributed by atoms with Crippen LogP contribution in [0.2, 0.25) is 0 Å². The fraction of sp³-hybridized carbons (Fsp3) is 0.118. The van der Waals surface area contributed by atoms with E-state index in [1.165, 1.54) is 0 Å². The highest BCUT2D eigenvalue weighted by Crippen LogP contribution is 2.46. The second-order valence-corrected chi connectivity index (χ2v) is 9.71. The van der Waals surface area contributed by atoms with E-state index in [4.69, 9.17) is 7.16 Å². The van der Waals surface area contributed by atoms with Gasteiger partial charge in [0.05, 0.1) is 17.2 Å². The molecule has 38 heavy (non-hydrogen) atoms. The topological polar surface area (TPSA) is 44.1 Å². The van der Waals surface area contributed by atoms with E-state index in [2.05, 4.69) is 35.8 Å². The number of nitrogens with zero attached hydrogens (tertiary/aromatic N) is 3. The van der Waals surface area contributed by atoms with Crippen LogP contribution in [0.4, 0.5) is 11.4 Å². The van der Waals surface area contributed by atoms with Crippen molar-refractivity contribution >= 4 is 33.3 Å². The maximum atomic E-state index is 10.2. The second-order valence-electron chi connectivity index (χ2n) is 9.71. The van der Waals surface area contributed by atoms with E-state index in [1.54, 1.807) is 0 Å². The van der Waals surface area contributed by atoms with Gasteiger partial charge in [-0.1, -0.05) is 42.5 Å². The molecule has 6 aromatic rings. The van der Waals surface area contributed by atoms with Gasteiger partial charge in [0.1, 0.15) is 18.2 Å². The van der Waals surface area contributed by atoms with Crippen molar-refractivity contribution < 1.29 is 11.7 Å². The Hall–Kier alpha value is -4.88. The van der Waals surface area contributed by atoms with Crippen molar-refractivity contribution in [3.05, 3.63) is 114 Å². The molecule has 4 nitrogen and oxygen atoms in total. The molecule has 0 radical (unpaired) electrons.